The number of hydrogen-bond donors (Lipinski definition) is 2. The van der Waals surface area contributed by atoms with Crippen molar-refractivity contribution in [1.29, 1.82) is 0 Å². The van der Waals surface area contributed by atoms with E-state index in [2.05, 4.69) is 23.8 Å². The van der Waals surface area contributed by atoms with Crippen LogP contribution in [0.2, 0.25) is 0 Å². The van der Waals surface area contributed by atoms with Crippen molar-refractivity contribution < 1.29 is 0 Å². The van der Waals surface area contributed by atoms with Crippen LogP contribution < -0.4 is 11.5 Å². The molecule has 4 N–H and O–H groups in total. The van der Waals surface area contributed by atoms with Crippen LogP contribution in [0.5, 0.6) is 0 Å². The first-order chi connectivity index (χ1) is 6.06. The molecule has 13 heavy (non-hydrogen) atoms. The fourth-order valence-corrected chi connectivity index (χ4v) is 1.47. The van der Waals surface area contributed by atoms with Gasteiger partial charge in [0, 0.05) is 11.3 Å². The first kappa shape index (κ1) is 9.92. The van der Waals surface area contributed by atoms with E-state index in [4.69, 9.17) is 11.5 Å². The van der Waals surface area contributed by atoms with Gasteiger partial charge in [0.05, 0.1) is 6.54 Å². The minimum absolute atomic E-state index is 0.337. The SMILES string of the molecule is Cc1nc(CN)nc(N)c1C(C)C. The molecule has 1 aromatic rings. The van der Waals surface area contributed by atoms with E-state index >= 15 is 0 Å². The molecule has 0 radical (unpaired) electrons. The second-order valence-corrected chi connectivity index (χ2v) is 3.38. The average molecular weight is 180 g/mol. The Morgan fingerprint density at radius 1 is 1.31 bits per heavy atom. The molecule has 0 aliphatic carbocycles. The van der Waals surface area contributed by atoms with Crippen LogP contribution in [0.1, 0.15) is 36.8 Å². The molecule has 1 rings (SSSR count). The summed E-state index contributed by atoms with van der Waals surface area (Å²) in [4.78, 5) is 8.37. The van der Waals surface area contributed by atoms with E-state index in [-0.39, 0.29) is 0 Å². The molecular formula is C9H16N4. The van der Waals surface area contributed by atoms with Crippen LogP contribution in [0, 0.1) is 6.92 Å². The van der Waals surface area contributed by atoms with Gasteiger partial charge in [0.1, 0.15) is 11.6 Å². The summed E-state index contributed by atoms with van der Waals surface area (Å²) in [6, 6.07) is 0. The Morgan fingerprint density at radius 3 is 2.31 bits per heavy atom. The minimum Gasteiger partial charge on any atom is -0.383 e. The van der Waals surface area contributed by atoms with Gasteiger partial charge in [0.25, 0.3) is 0 Å². The molecule has 0 saturated heterocycles. The van der Waals surface area contributed by atoms with E-state index in [1.807, 2.05) is 6.92 Å². The molecule has 1 aromatic heterocycles. The van der Waals surface area contributed by atoms with Crippen LogP contribution in [0.3, 0.4) is 0 Å². The summed E-state index contributed by atoms with van der Waals surface area (Å²) in [5.41, 5.74) is 13.2. The Bertz CT molecular complexity index is 283. The highest BCUT2D eigenvalue weighted by atomic mass is 15.0. The van der Waals surface area contributed by atoms with Gasteiger partial charge in [-0.25, -0.2) is 9.97 Å². The third-order valence-electron chi connectivity index (χ3n) is 1.97. The van der Waals surface area contributed by atoms with Crippen LogP contribution >= 0.6 is 0 Å². The number of rotatable bonds is 2. The third kappa shape index (κ3) is 1.95. The molecule has 0 spiro atoms. The van der Waals surface area contributed by atoms with Gasteiger partial charge in [0.2, 0.25) is 0 Å². The predicted octanol–water partition coefficient (Wildman–Crippen LogP) is 0.949. The molecule has 0 saturated carbocycles. The molecule has 1 heterocycles. The molecule has 0 atom stereocenters. The first-order valence-electron chi connectivity index (χ1n) is 4.39. The molecule has 0 unspecified atom stereocenters. The number of nitrogens with zero attached hydrogens (tertiary/aromatic N) is 2. The number of hydrogen-bond acceptors (Lipinski definition) is 4. The Balaban J connectivity index is 3.23. The lowest BCUT2D eigenvalue weighted by molar-refractivity contribution is 0.807. The van der Waals surface area contributed by atoms with Crippen molar-refractivity contribution in [2.45, 2.75) is 33.2 Å². The lowest BCUT2D eigenvalue weighted by Crippen LogP contribution is -2.11. The van der Waals surface area contributed by atoms with Crippen molar-refractivity contribution in [2.24, 2.45) is 5.73 Å². The standard InChI is InChI=1S/C9H16N4/c1-5(2)8-6(3)12-7(4-10)13-9(8)11/h5H,4,10H2,1-3H3,(H2,11,12,13). The van der Waals surface area contributed by atoms with Gasteiger partial charge in [0.15, 0.2) is 0 Å². The highest BCUT2D eigenvalue weighted by Crippen LogP contribution is 2.22. The monoisotopic (exact) mass is 180 g/mol. The topological polar surface area (TPSA) is 77.8 Å². The predicted molar refractivity (Wildman–Crippen MR) is 53.2 cm³/mol. The summed E-state index contributed by atoms with van der Waals surface area (Å²) in [6.45, 7) is 6.42. The van der Waals surface area contributed by atoms with Crippen LogP contribution in [0.15, 0.2) is 0 Å². The summed E-state index contributed by atoms with van der Waals surface area (Å²) in [5.74, 6) is 1.52. The Morgan fingerprint density at radius 2 is 1.92 bits per heavy atom. The maximum absolute atomic E-state index is 5.79. The smallest absolute Gasteiger partial charge is 0.144 e. The second-order valence-electron chi connectivity index (χ2n) is 3.38. The maximum Gasteiger partial charge on any atom is 0.144 e. The van der Waals surface area contributed by atoms with Gasteiger partial charge < -0.3 is 11.5 Å². The Labute approximate surface area is 78.4 Å². The molecule has 0 aliphatic rings. The van der Waals surface area contributed by atoms with Crippen molar-refractivity contribution in [1.82, 2.24) is 9.97 Å². The number of anilines is 1. The molecule has 72 valence electrons. The molecular weight excluding hydrogens is 164 g/mol. The van der Waals surface area contributed by atoms with E-state index in [0.29, 0.717) is 24.1 Å². The van der Waals surface area contributed by atoms with Crippen LogP contribution in [0.4, 0.5) is 5.82 Å². The van der Waals surface area contributed by atoms with E-state index in [1.54, 1.807) is 0 Å². The van der Waals surface area contributed by atoms with Gasteiger partial charge in [-0.3, -0.25) is 0 Å². The van der Waals surface area contributed by atoms with Crippen LogP contribution in [0.25, 0.3) is 0 Å². The van der Waals surface area contributed by atoms with Gasteiger partial charge in [-0.1, -0.05) is 13.8 Å². The van der Waals surface area contributed by atoms with Gasteiger partial charge in [-0.15, -0.1) is 0 Å². The minimum atomic E-state index is 0.337. The summed E-state index contributed by atoms with van der Waals surface area (Å²) < 4.78 is 0. The zero-order valence-electron chi connectivity index (χ0n) is 8.33. The van der Waals surface area contributed by atoms with Crippen LogP contribution in [-0.2, 0) is 6.54 Å². The van der Waals surface area contributed by atoms with Gasteiger partial charge >= 0.3 is 0 Å². The van der Waals surface area contributed by atoms with Crippen LogP contribution in [-0.4, -0.2) is 9.97 Å². The number of nitrogens with two attached hydrogens (primary N) is 2. The quantitative estimate of drug-likeness (QED) is 0.710. The summed E-state index contributed by atoms with van der Waals surface area (Å²) in [6.07, 6.45) is 0. The first-order valence-corrected chi connectivity index (χ1v) is 4.39. The number of aromatic nitrogens is 2. The van der Waals surface area contributed by atoms with Crippen molar-refractivity contribution >= 4 is 5.82 Å². The molecule has 4 heteroatoms. The molecule has 4 nitrogen and oxygen atoms in total. The summed E-state index contributed by atoms with van der Waals surface area (Å²) in [5, 5.41) is 0. The van der Waals surface area contributed by atoms with Crippen molar-refractivity contribution in [3.05, 3.63) is 17.1 Å². The van der Waals surface area contributed by atoms with Gasteiger partial charge in [-0.2, -0.15) is 0 Å². The second kappa shape index (κ2) is 3.70. The normalized spacial score (nSPS) is 10.8. The number of aryl methyl sites for hydroxylation is 1. The largest absolute Gasteiger partial charge is 0.383 e. The van der Waals surface area contributed by atoms with E-state index in [9.17, 15) is 0 Å². The third-order valence-corrected chi connectivity index (χ3v) is 1.97. The molecule has 0 fully saturated rings. The molecule has 0 bridgehead atoms. The highest BCUT2D eigenvalue weighted by molar-refractivity contribution is 5.43. The maximum atomic E-state index is 5.79. The molecule has 0 aliphatic heterocycles. The highest BCUT2D eigenvalue weighted by Gasteiger charge is 2.11. The zero-order valence-corrected chi connectivity index (χ0v) is 8.33. The summed E-state index contributed by atoms with van der Waals surface area (Å²) >= 11 is 0. The van der Waals surface area contributed by atoms with E-state index < -0.39 is 0 Å². The fraction of sp³-hybridized carbons (Fsp3) is 0.556. The lowest BCUT2D eigenvalue weighted by Gasteiger charge is -2.12. The summed E-state index contributed by atoms with van der Waals surface area (Å²) in [7, 11) is 0. The Kier molecular flexibility index (Phi) is 2.83. The van der Waals surface area contributed by atoms with Crippen molar-refractivity contribution in [3.63, 3.8) is 0 Å². The van der Waals surface area contributed by atoms with Gasteiger partial charge in [-0.05, 0) is 12.8 Å². The van der Waals surface area contributed by atoms with Crippen molar-refractivity contribution in [3.8, 4) is 0 Å². The molecule has 0 amide bonds. The van der Waals surface area contributed by atoms with E-state index in [0.717, 1.165) is 11.3 Å². The lowest BCUT2D eigenvalue weighted by atomic mass is 10.0. The average Bonchev–Trinajstić information content (AvgIpc) is 2.02. The fourth-order valence-electron chi connectivity index (χ4n) is 1.47. The van der Waals surface area contributed by atoms with Crippen molar-refractivity contribution in [2.75, 3.05) is 5.73 Å². The number of nitrogen functional groups attached to an aromatic ring is 1. The van der Waals surface area contributed by atoms with E-state index in [1.165, 1.54) is 0 Å². The zero-order chi connectivity index (χ0) is 10.0. The Hall–Kier alpha value is -1.16. The molecule has 0 aromatic carbocycles.